The van der Waals surface area contributed by atoms with Gasteiger partial charge in [-0.05, 0) is 6.42 Å². The van der Waals surface area contributed by atoms with Gasteiger partial charge in [0.25, 0.3) is 5.91 Å². The molecule has 1 rings (SSSR count). The van der Waals surface area contributed by atoms with E-state index in [1.54, 1.807) is 12.1 Å². The zero-order chi connectivity index (χ0) is 15.1. The topological polar surface area (TPSA) is 92.0 Å². The van der Waals surface area contributed by atoms with E-state index in [2.05, 4.69) is 5.43 Å². The molecule has 0 aliphatic heterocycles. The highest BCUT2D eigenvalue weighted by atomic mass is 16.5. The number of amides is 1. The molecule has 0 radical (unpaired) electrons. The number of carbonyl (C=O) groups excluding carboxylic acids is 1. The highest BCUT2D eigenvalue weighted by molar-refractivity contribution is 5.80. The van der Waals surface area contributed by atoms with Gasteiger partial charge >= 0.3 is 0 Å². The van der Waals surface area contributed by atoms with Crippen LogP contribution < -0.4 is 30.2 Å². The quantitative estimate of drug-likeness (QED) is 0.438. The van der Waals surface area contributed by atoms with E-state index < -0.39 is 12.0 Å². The second kappa shape index (κ2) is 7.44. The molecule has 7 nitrogen and oxygen atoms in total. The van der Waals surface area contributed by atoms with Crippen molar-refractivity contribution < 1.29 is 23.7 Å². The van der Waals surface area contributed by atoms with Gasteiger partial charge in [0.05, 0.1) is 21.3 Å². The van der Waals surface area contributed by atoms with Crippen molar-refractivity contribution in [2.45, 2.75) is 19.4 Å². The molecular formula is C13H20N2O5. The SMILES string of the molecule is CCC(Oc1cc(OC)c(OC)c(OC)c1)C(=O)NN. The van der Waals surface area contributed by atoms with E-state index in [0.29, 0.717) is 29.4 Å². The van der Waals surface area contributed by atoms with Crippen molar-refractivity contribution in [2.75, 3.05) is 21.3 Å². The Labute approximate surface area is 117 Å². The fourth-order valence-electron chi connectivity index (χ4n) is 1.70. The fraction of sp³-hybridized carbons (Fsp3) is 0.462. The third-order valence-electron chi connectivity index (χ3n) is 2.72. The number of methoxy groups -OCH3 is 3. The van der Waals surface area contributed by atoms with E-state index in [1.807, 2.05) is 6.92 Å². The molecule has 112 valence electrons. The Morgan fingerprint density at radius 2 is 1.75 bits per heavy atom. The molecule has 0 aliphatic rings. The maximum Gasteiger partial charge on any atom is 0.274 e. The van der Waals surface area contributed by atoms with Crippen LogP contribution in [0.25, 0.3) is 0 Å². The van der Waals surface area contributed by atoms with Gasteiger partial charge in [0.2, 0.25) is 5.75 Å². The lowest BCUT2D eigenvalue weighted by atomic mass is 10.2. The van der Waals surface area contributed by atoms with Gasteiger partial charge in [-0.3, -0.25) is 10.2 Å². The first kappa shape index (κ1) is 15.9. The first-order valence-electron chi connectivity index (χ1n) is 6.08. The molecule has 7 heteroatoms. The summed E-state index contributed by atoms with van der Waals surface area (Å²) in [6, 6.07) is 3.24. The van der Waals surface area contributed by atoms with Crippen molar-refractivity contribution >= 4 is 5.91 Å². The molecule has 1 atom stereocenters. The van der Waals surface area contributed by atoms with Crippen LogP contribution in [0.15, 0.2) is 12.1 Å². The molecule has 0 saturated carbocycles. The van der Waals surface area contributed by atoms with Crippen LogP contribution in [0.2, 0.25) is 0 Å². The van der Waals surface area contributed by atoms with Crippen molar-refractivity contribution in [3.8, 4) is 23.0 Å². The lowest BCUT2D eigenvalue weighted by Gasteiger charge is -2.18. The summed E-state index contributed by atoms with van der Waals surface area (Å²) in [6.07, 6.45) is -0.220. The molecule has 3 N–H and O–H groups in total. The van der Waals surface area contributed by atoms with Gasteiger partial charge in [-0.25, -0.2) is 5.84 Å². The summed E-state index contributed by atoms with van der Waals surface area (Å²) in [6.45, 7) is 1.82. The maximum absolute atomic E-state index is 11.5. The molecule has 0 aliphatic carbocycles. The zero-order valence-corrected chi connectivity index (χ0v) is 12.1. The Kier molecular flexibility index (Phi) is 5.92. The van der Waals surface area contributed by atoms with Crippen LogP contribution in [0.3, 0.4) is 0 Å². The second-order valence-electron chi connectivity index (χ2n) is 3.88. The summed E-state index contributed by atoms with van der Waals surface area (Å²) in [5, 5.41) is 0. The summed E-state index contributed by atoms with van der Waals surface area (Å²) >= 11 is 0. The Morgan fingerprint density at radius 1 is 1.20 bits per heavy atom. The first-order valence-corrected chi connectivity index (χ1v) is 6.08. The number of hydrogen-bond acceptors (Lipinski definition) is 6. The number of benzene rings is 1. The summed E-state index contributed by atoms with van der Waals surface area (Å²) in [5.41, 5.74) is 2.06. The molecule has 1 unspecified atom stereocenters. The van der Waals surface area contributed by atoms with Crippen LogP contribution in [-0.4, -0.2) is 33.3 Å². The third-order valence-corrected chi connectivity index (χ3v) is 2.72. The number of carbonyl (C=O) groups is 1. The van der Waals surface area contributed by atoms with E-state index in [-0.39, 0.29) is 0 Å². The molecule has 1 aromatic carbocycles. The van der Waals surface area contributed by atoms with Crippen LogP contribution in [0.5, 0.6) is 23.0 Å². The standard InChI is InChI=1S/C13H20N2O5/c1-5-9(13(16)15-14)20-8-6-10(17-2)12(19-4)11(7-8)18-3/h6-7,9H,5,14H2,1-4H3,(H,15,16). The van der Waals surface area contributed by atoms with Gasteiger partial charge in [-0.15, -0.1) is 0 Å². The minimum Gasteiger partial charge on any atom is -0.493 e. The highest BCUT2D eigenvalue weighted by Gasteiger charge is 2.20. The van der Waals surface area contributed by atoms with Gasteiger partial charge < -0.3 is 18.9 Å². The van der Waals surface area contributed by atoms with Crippen molar-refractivity contribution in [3.05, 3.63) is 12.1 Å². The van der Waals surface area contributed by atoms with E-state index >= 15 is 0 Å². The van der Waals surface area contributed by atoms with E-state index in [4.69, 9.17) is 24.8 Å². The predicted molar refractivity (Wildman–Crippen MR) is 73.1 cm³/mol. The van der Waals surface area contributed by atoms with E-state index in [9.17, 15) is 4.79 Å². The molecule has 0 bridgehead atoms. The molecule has 0 saturated heterocycles. The Bertz CT molecular complexity index is 439. The minimum absolute atomic E-state index is 0.402. The van der Waals surface area contributed by atoms with Gasteiger partial charge in [0.1, 0.15) is 5.75 Å². The number of nitrogens with one attached hydrogen (secondary N) is 1. The summed E-state index contributed by atoms with van der Waals surface area (Å²) in [4.78, 5) is 11.5. The molecule has 0 heterocycles. The first-order chi connectivity index (χ1) is 9.60. The van der Waals surface area contributed by atoms with Crippen LogP contribution in [0, 0.1) is 0 Å². The van der Waals surface area contributed by atoms with Crippen LogP contribution >= 0.6 is 0 Å². The number of nitrogens with two attached hydrogens (primary N) is 1. The predicted octanol–water partition coefficient (Wildman–Crippen LogP) is 0.860. The number of ether oxygens (including phenoxy) is 4. The molecular weight excluding hydrogens is 264 g/mol. The molecule has 1 amide bonds. The van der Waals surface area contributed by atoms with Crippen molar-refractivity contribution in [2.24, 2.45) is 5.84 Å². The molecule has 0 aromatic heterocycles. The van der Waals surface area contributed by atoms with Crippen molar-refractivity contribution in [1.29, 1.82) is 0 Å². The molecule has 20 heavy (non-hydrogen) atoms. The summed E-state index contributed by atoms with van der Waals surface area (Å²) in [5.74, 6) is 6.49. The van der Waals surface area contributed by atoms with E-state index in [0.717, 1.165) is 0 Å². The number of hydrogen-bond donors (Lipinski definition) is 2. The molecule has 0 spiro atoms. The van der Waals surface area contributed by atoms with Gasteiger partial charge in [0.15, 0.2) is 17.6 Å². The largest absolute Gasteiger partial charge is 0.493 e. The zero-order valence-electron chi connectivity index (χ0n) is 12.1. The average molecular weight is 284 g/mol. The van der Waals surface area contributed by atoms with Crippen LogP contribution in [0.4, 0.5) is 0 Å². The van der Waals surface area contributed by atoms with Crippen LogP contribution in [-0.2, 0) is 4.79 Å². The Morgan fingerprint density at radius 3 is 2.10 bits per heavy atom. The van der Waals surface area contributed by atoms with Gasteiger partial charge in [-0.1, -0.05) is 6.92 Å². The lowest BCUT2D eigenvalue weighted by Crippen LogP contribution is -2.41. The van der Waals surface area contributed by atoms with Crippen molar-refractivity contribution in [1.82, 2.24) is 5.43 Å². The number of hydrazine groups is 1. The van der Waals surface area contributed by atoms with Gasteiger partial charge in [0, 0.05) is 12.1 Å². The van der Waals surface area contributed by atoms with Crippen LogP contribution in [0.1, 0.15) is 13.3 Å². The molecule has 0 fully saturated rings. The Balaban J connectivity index is 3.09. The fourth-order valence-corrected chi connectivity index (χ4v) is 1.70. The minimum atomic E-state index is -0.692. The lowest BCUT2D eigenvalue weighted by molar-refractivity contribution is -0.128. The monoisotopic (exact) mass is 284 g/mol. The maximum atomic E-state index is 11.5. The normalized spacial score (nSPS) is 11.4. The summed E-state index contributed by atoms with van der Waals surface area (Å²) < 4.78 is 21.2. The smallest absolute Gasteiger partial charge is 0.274 e. The average Bonchev–Trinajstić information content (AvgIpc) is 2.50. The highest BCUT2D eigenvalue weighted by Crippen LogP contribution is 2.41. The third kappa shape index (κ3) is 3.45. The number of rotatable bonds is 7. The van der Waals surface area contributed by atoms with Crippen molar-refractivity contribution in [3.63, 3.8) is 0 Å². The second-order valence-corrected chi connectivity index (χ2v) is 3.88. The molecule has 1 aromatic rings. The Hall–Kier alpha value is -2.15. The summed E-state index contributed by atoms with van der Waals surface area (Å²) in [7, 11) is 4.52. The van der Waals surface area contributed by atoms with E-state index in [1.165, 1.54) is 21.3 Å². The van der Waals surface area contributed by atoms with Gasteiger partial charge in [-0.2, -0.15) is 0 Å².